The molecule has 55 heavy (non-hydrogen) atoms. The van der Waals surface area contributed by atoms with Crippen LogP contribution in [0.1, 0.15) is 0 Å². The Kier molecular flexibility index (Phi) is 7.21. The van der Waals surface area contributed by atoms with Crippen molar-refractivity contribution >= 4 is 54.1 Å². The highest BCUT2D eigenvalue weighted by molar-refractivity contribution is 6.12. The van der Waals surface area contributed by atoms with E-state index in [4.69, 9.17) is 4.98 Å². The molecule has 256 valence electrons. The molecule has 0 atom stereocenters. The van der Waals surface area contributed by atoms with Gasteiger partial charge in [0.15, 0.2) is 0 Å². The van der Waals surface area contributed by atoms with Crippen LogP contribution in [-0.4, -0.2) is 9.55 Å². The van der Waals surface area contributed by atoms with Crippen LogP contribution >= 0.6 is 0 Å². The van der Waals surface area contributed by atoms with Gasteiger partial charge in [-0.05, 0) is 131 Å². The van der Waals surface area contributed by atoms with E-state index in [1.807, 2.05) is 6.07 Å². The fraction of sp³-hybridized carbons (Fsp3) is 0. The van der Waals surface area contributed by atoms with Crippen molar-refractivity contribution in [2.24, 2.45) is 0 Å². The summed E-state index contributed by atoms with van der Waals surface area (Å²) in [4.78, 5) is 5.04. The topological polar surface area (TPSA) is 17.8 Å². The van der Waals surface area contributed by atoms with Crippen molar-refractivity contribution in [2.45, 2.75) is 0 Å². The lowest BCUT2D eigenvalue weighted by molar-refractivity contribution is 1.10. The van der Waals surface area contributed by atoms with Gasteiger partial charge in [0.05, 0.1) is 11.0 Å². The van der Waals surface area contributed by atoms with Gasteiger partial charge in [-0.15, -0.1) is 0 Å². The third-order valence-corrected chi connectivity index (χ3v) is 11.1. The maximum absolute atomic E-state index is 5.04. The zero-order valence-electron chi connectivity index (χ0n) is 30.0. The number of nitrogens with zero attached hydrogens (tertiary/aromatic N) is 2. The first kappa shape index (κ1) is 31.3. The Balaban J connectivity index is 1.05. The van der Waals surface area contributed by atoms with Crippen molar-refractivity contribution in [3.8, 4) is 50.5 Å². The second-order valence-corrected chi connectivity index (χ2v) is 14.4. The van der Waals surface area contributed by atoms with E-state index < -0.39 is 0 Å². The molecule has 1 aromatic heterocycles. The monoisotopic (exact) mass is 698 g/mol. The van der Waals surface area contributed by atoms with Gasteiger partial charge >= 0.3 is 0 Å². The predicted octanol–water partition coefficient (Wildman–Crippen LogP) is 14.3. The zero-order chi connectivity index (χ0) is 36.3. The van der Waals surface area contributed by atoms with Crippen LogP contribution in [-0.2, 0) is 0 Å². The van der Waals surface area contributed by atoms with Gasteiger partial charge in [-0.3, -0.25) is 4.57 Å². The third-order valence-electron chi connectivity index (χ3n) is 11.1. The van der Waals surface area contributed by atoms with Crippen molar-refractivity contribution in [2.75, 3.05) is 0 Å². The van der Waals surface area contributed by atoms with Crippen LogP contribution < -0.4 is 0 Å². The molecule has 0 N–H and O–H groups in total. The van der Waals surface area contributed by atoms with Crippen LogP contribution in [0.15, 0.2) is 206 Å². The molecule has 0 fully saturated rings. The largest absolute Gasteiger partial charge is 0.292 e. The lowest BCUT2D eigenvalue weighted by Crippen LogP contribution is -1.97. The van der Waals surface area contributed by atoms with Gasteiger partial charge in [0, 0.05) is 11.3 Å². The highest BCUT2D eigenvalue weighted by Gasteiger charge is 2.16. The Bertz CT molecular complexity index is 3240. The molecule has 2 nitrogen and oxygen atoms in total. The average molecular weight is 699 g/mol. The lowest BCUT2D eigenvalue weighted by Gasteiger charge is -2.15. The molecule has 0 aliphatic carbocycles. The standard InChI is InChI=1S/C53H34N2/c1-2-12-38(13-3-1)53-54-51-16-8-9-17-52(51)55(53)46-26-24-37(25-27-46)41-20-21-42-33-49-47(43-22-18-35-10-4-6-14-39(35)30-43)28-29-48(50(49)34-45(42)32-41)44-23-19-36-11-5-7-15-40(36)31-44/h1-34H. The summed E-state index contributed by atoms with van der Waals surface area (Å²) < 4.78 is 2.27. The molecule has 2 heteroatoms. The van der Waals surface area contributed by atoms with Gasteiger partial charge in [-0.25, -0.2) is 4.98 Å². The van der Waals surface area contributed by atoms with Crippen LogP contribution in [0, 0.1) is 0 Å². The van der Waals surface area contributed by atoms with Crippen LogP contribution in [0.2, 0.25) is 0 Å². The minimum absolute atomic E-state index is 0.942. The summed E-state index contributed by atoms with van der Waals surface area (Å²) in [6, 6.07) is 74.9. The second kappa shape index (κ2) is 12.7. The molecule has 0 amide bonds. The van der Waals surface area contributed by atoms with Gasteiger partial charge in [-0.2, -0.15) is 0 Å². The predicted molar refractivity (Wildman–Crippen MR) is 233 cm³/mol. The highest BCUT2D eigenvalue weighted by atomic mass is 15.1. The molecule has 0 unspecified atom stereocenters. The molecule has 11 aromatic rings. The fourth-order valence-corrected chi connectivity index (χ4v) is 8.36. The van der Waals surface area contributed by atoms with Gasteiger partial charge < -0.3 is 0 Å². The minimum atomic E-state index is 0.942. The van der Waals surface area contributed by atoms with E-state index in [0.717, 1.165) is 28.1 Å². The maximum Gasteiger partial charge on any atom is 0.145 e. The molecule has 0 radical (unpaired) electrons. The number of benzene rings is 10. The molecule has 10 aromatic carbocycles. The van der Waals surface area contributed by atoms with Gasteiger partial charge in [0.1, 0.15) is 5.82 Å². The Hall–Kier alpha value is -7.29. The summed E-state index contributed by atoms with van der Waals surface area (Å²) in [6.45, 7) is 0. The fourth-order valence-electron chi connectivity index (χ4n) is 8.36. The molecule has 0 spiro atoms. The minimum Gasteiger partial charge on any atom is -0.292 e. The van der Waals surface area contributed by atoms with E-state index >= 15 is 0 Å². The van der Waals surface area contributed by atoms with Crippen LogP contribution in [0.25, 0.3) is 105 Å². The lowest BCUT2D eigenvalue weighted by atomic mass is 9.88. The van der Waals surface area contributed by atoms with Gasteiger partial charge in [0.2, 0.25) is 0 Å². The smallest absolute Gasteiger partial charge is 0.145 e. The molecule has 0 aliphatic heterocycles. The average Bonchev–Trinajstić information content (AvgIpc) is 3.65. The first-order chi connectivity index (χ1) is 27.2. The van der Waals surface area contributed by atoms with E-state index in [1.165, 1.54) is 76.5 Å². The number of para-hydroxylation sites is 2. The SMILES string of the molecule is c1ccc(-c2nc3ccccc3n2-c2ccc(-c3ccc4cc5c(-c6ccc7ccccc7c6)ccc(-c6ccc7ccccc7c6)c5cc4c3)cc2)cc1. The first-order valence-electron chi connectivity index (χ1n) is 18.9. The highest BCUT2D eigenvalue weighted by Crippen LogP contribution is 2.40. The van der Waals surface area contributed by atoms with E-state index in [2.05, 4.69) is 205 Å². The van der Waals surface area contributed by atoms with E-state index in [1.54, 1.807) is 0 Å². The molecular weight excluding hydrogens is 665 g/mol. The van der Waals surface area contributed by atoms with Crippen molar-refractivity contribution < 1.29 is 0 Å². The molecule has 0 saturated carbocycles. The first-order valence-corrected chi connectivity index (χ1v) is 18.9. The van der Waals surface area contributed by atoms with E-state index in [9.17, 15) is 0 Å². The second-order valence-electron chi connectivity index (χ2n) is 14.4. The van der Waals surface area contributed by atoms with Crippen LogP contribution in [0.4, 0.5) is 0 Å². The third kappa shape index (κ3) is 5.38. The van der Waals surface area contributed by atoms with Crippen molar-refractivity contribution in [3.05, 3.63) is 206 Å². The number of hydrogen-bond donors (Lipinski definition) is 0. The van der Waals surface area contributed by atoms with E-state index in [-0.39, 0.29) is 0 Å². The normalized spacial score (nSPS) is 11.6. The summed E-state index contributed by atoms with van der Waals surface area (Å²) in [7, 11) is 0. The summed E-state index contributed by atoms with van der Waals surface area (Å²) >= 11 is 0. The quantitative estimate of drug-likeness (QED) is 0.164. The molecule has 11 rings (SSSR count). The Morgan fingerprint density at radius 1 is 0.309 bits per heavy atom. The summed E-state index contributed by atoms with van der Waals surface area (Å²) in [6.07, 6.45) is 0. The Morgan fingerprint density at radius 2 is 0.800 bits per heavy atom. The zero-order valence-corrected chi connectivity index (χ0v) is 30.0. The molecule has 1 heterocycles. The Labute approximate surface area is 319 Å². The number of imidazole rings is 1. The molecule has 0 bridgehead atoms. The van der Waals surface area contributed by atoms with Crippen LogP contribution in [0.5, 0.6) is 0 Å². The number of hydrogen-bond acceptors (Lipinski definition) is 1. The number of aromatic nitrogens is 2. The number of rotatable bonds is 5. The van der Waals surface area contributed by atoms with Crippen molar-refractivity contribution in [1.82, 2.24) is 9.55 Å². The van der Waals surface area contributed by atoms with Crippen molar-refractivity contribution in [1.29, 1.82) is 0 Å². The molecule has 0 aliphatic rings. The molecule has 0 saturated heterocycles. The maximum atomic E-state index is 5.04. The van der Waals surface area contributed by atoms with E-state index in [0.29, 0.717) is 0 Å². The summed E-state index contributed by atoms with van der Waals surface area (Å²) in [5, 5.41) is 9.96. The summed E-state index contributed by atoms with van der Waals surface area (Å²) in [5.74, 6) is 0.942. The van der Waals surface area contributed by atoms with Crippen LogP contribution in [0.3, 0.4) is 0 Å². The number of fused-ring (bicyclic) bond motifs is 5. The van der Waals surface area contributed by atoms with Crippen molar-refractivity contribution in [3.63, 3.8) is 0 Å². The molecular formula is C53H34N2. The Morgan fingerprint density at radius 3 is 1.47 bits per heavy atom. The summed E-state index contributed by atoms with van der Waals surface area (Å²) in [5.41, 5.74) is 11.6. The van der Waals surface area contributed by atoms with Gasteiger partial charge in [0.25, 0.3) is 0 Å². The van der Waals surface area contributed by atoms with Gasteiger partial charge in [-0.1, -0.05) is 152 Å².